The summed E-state index contributed by atoms with van der Waals surface area (Å²) in [4.78, 5) is 26.4. The van der Waals surface area contributed by atoms with Crippen LogP contribution in [0, 0.1) is 0 Å². The second-order valence-electron chi connectivity index (χ2n) is 3.90. The molecule has 0 atom stereocenters. The minimum atomic E-state index is -0.407. The molecule has 0 amide bonds. The number of fused-ring (bicyclic) bond motifs is 1. The van der Waals surface area contributed by atoms with Crippen molar-refractivity contribution in [3.8, 4) is 0 Å². The molecule has 2 rings (SSSR count). The Kier molecular flexibility index (Phi) is 2.79. The molecule has 6 heteroatoms. The highest BCUT2D eigenvalue weighted by atomic mass is 16.5. The van der Waals surface area contributed by atoms with Crippen molar-refractivity contribution in [2.45, 2.75) is 6.92 Å². The summed E-state index contributed by atoms with van der Waals surface area (Å²) in [7, 11) is 3.54. The molecule has 1 N–H and O–H groups in total. The number of carbonyl (C=O) groups is 1. The van der Waals surface area contributed by atoms with E-state index in [1.165, 1.54) is 10.8 Å². The maximum atomic E-state index is 11.9. The summed E-state index contributed by atoms with van der Waals surface area (Å²) in [6.07, 6.45) is 3.23. The molecular weight excluding hydrogens is 219 g/mol. The quantitative estimate of drug-likeness (QED) is 0.550. The van der Waals surface area contributed by atoms with Crippen LogP contribution in [0.25, 0.3) is 10.9 Å². The van der Waals surface area contributed by atoms with Crippen LogP contribution in [0.4, 0.5) is 0 Å². The highest BCUT2D eigenvalue weighted by Crippen LogP contribution is 2.13. The van der Waals surface area contributed by atoms with Gasteiger partial charge in [0, 0.05) is 24.8 Å². The van der Waals surface area contributed by atoms with E-state index in [0.717, 1.165) is 5.46 Å². The number of carbonyl (C=O) groups excluding carboxylic acids is 1. The van der Waals surface area contributed by atoms with Crippen molar-refractivity contribution >= 4 is 30.2 Å². The summed E-state index contributed by atoms with van der Waals surface area (Å²) in [5.74, 6) is -0.407. The van der Waals surface area contributed by atoms with Crippen molar-refractivity contribution < 1.29 is 9.53 Å². The molecule has 2 aromatic rings. The van der Waals surface area contributed by atoms with Crippen molar-refractivity contribution in [1.29, 1.82) is 0 Å². The van der Waals surface area contributed by atoms with Crippen LogP contribution in [0.1, 0.15) is 17.3 Å². The number of nitrogens with one attached hydrogen (secondary N) is 1. The van der Waals surface area contributed by atoms with Crippen molar-refractivity contribution in [3.63, 3.8) is 0 Å². The summed E-state index contributed by atoms with van der Waals surface area (Å²) in [5, 5.41) is 0.645. The number of rotatable bonds is 2. The van der Waals surface area contributed by atoms with Crippen molar-refractivity contribution in [2.75, 3.05) is 6.61 Å². The zero-order valence-corrected chi connectivity index (χ0v) is 10.0. The molecule has 2 aromatic heterocycles. The summed E-state index contributed by atoms with van der Waals surface area (Å²) >= 11 is 0. The fourth-order valence-electron chi connectivity index (χ4n) is 1.96. The van der Waals surface area contributed by atoms with Crippen molar-refractivity contribution in [1.82, 2.24) is 9.55 Å². The van der Waals surface area contributed by atoms with Gasteiger partial charge in [0.15, 0.2) is 0 Å². The molecule has 0 saturated heterocycles. The Bertz CT molecular complexity index is 642. The standard InChI is InChI=1S/C11H13BN2O3/c1-3-17-11(16)6-4-13-9-8(6)7(12)5-14(2)10(9)15/h4-5,13H,3,12H2,1-2H3. The molecule has 0 aliphatic carbocycles. The van der Waals surface area contributed by atoms with Gasteiger partial charge in [0.05, 0.1) is 12.2 Å². The first kappa shape index (κ1) is 11.5. The second-order valence-corrected chi connectivity index (χ2v) is 3.90. The predicted octanol–water partition coefficient (Wildman–Crippen LogP) is -0.698. The van der Waals surface area contributed by atoms with Gasteiger partial charge in [-0.05, 0) is 6.92 Å². The summed E-state index contributed by atoms with van der Waals surface area (Å²) < 4.78 is 6.44. The van der Waals surface area contributed by atoms with E-state index in [0.29, 0.717) is 23.1 Å². The molecule has 0 unspecified atom stereocenters. The van der Waals surface area contributed by atoms with Gasteiger partial charge in [-0.3, -0.25) is 4.79 Å². The molecule has 0 fully saturated rings. The number of esters is 1. The summed E-state index contributed by atoms with van der Waals surface area (Å²) in [5.41, 5.74) is 1.57. The van der Waals surface area contributed by atoms with Crippen LogP contribution >= 0.6 is 0 Å². The third kappa shape index (κ3) is 1.75. The number of pyridine rings is 1. The Balaban J connectivity index is 2.73. The highest BCUT2D eigenvalue weighted by molar-refractivity contribution is 6.39. The SMILES string of the molecule is Bc1cn(C)c(=O)c2[nH]cc(C(=O)OCC)c12. The van der Waals surface area contributed by atoms with Gasteiger partial charge >= 0.3 is 5.97 Å². The number of hydrogen-bond donors (Lipinski definition) is 1. The maximum absolute atomic E-state index is 11.9. The van der Waals surface area contributed by atoms with Crippen molar-refractivity contribution in [2.24, 2.45) is 7.05 Å². The largest absolute Gasteiger partial charge is 0.462 e. The van der Waals surface area contributed by atoms with Crippen LogP contribution < -0.4 is 11.0 Å². The van der Waals surface area contributed by atoms with Gasteiger partial charge in [-0.2, -0.15) is 0 Å². The van der Waals surface area contributed by atoms with E-state index in [1.807, 2.05) is 7.85 Å². The molecule has 0 aliphatic rings. The monoisotopic (exact) mass is 232 g/mol. The number of aromatic nitrogens is 2. The molecule has 88 valence electrons. The van der Waals surface area contributed by atoms with Gasteiger partial charge in [-0.15, -0.1) is 0 Å². The lowest BCUT2D eigenvalue weighted by Crippen LogP contribution is -2.23. The lowest BCUT2D eigenvalue weighted by Gasteiger charge is -2.04. The van der Waals surface area contributed by atoms with Crippen LogP contribution in [0.2, 0.25) is 0 Å². The molecular formula is C11H13BN2O3. The summed E-state index contributed by atoms with van der Waals surface area (Å²) in [6, 6.07) is 0. The van der Waals surface area contributed by atoms with E-state index in [1.54, 1.807) is 20.2 Å². The lowest BCUT2D eigenvalue weighted by molar-refractivity contribution is 0.0529. The maximum Gasteiger partial charge on any atom is 0.340 e. The van der Waals surface area contributed by atoms with E-state index in [2.05, 4.69) is 4.98 Å². The Labute approximate surface area is 98.8 Å². The predicted molar refractivity (Wildman–Crippen MR) is 67.7 cm³/mol. The minimum Gasteiger partial charge on any atom is -0.462 e. The minimum absolute atomic E-state index is 0.152. The number of aromatic amines is 1. The smallest absolute Gasteiger partial charge is 0.340 e. The van der Waals surface area contributed by atoms with Crippen LogP contribution in [-0.2, 0) is 11.8 Å². The highest BCUT2D eigenvalue weighted by Gasteiger charge is 2.16. The number of aryl methyl sites for hydroxylation is 1. The lowest BCUT2D eigenvalue weighted by atomic mass is 9.92. The van der Waals surface area contributed by atoms with Gasteiger partial charge in [-0.25, -0.2) is 4.79 Å². The van der Waals surface area contributed by atoms with Gasteiger partial charge in [0.2, 0.25) is 0 Å². The van der Waals surface area contributed by atoms with Crippen molar-refractivity contribution in [3.05, 3.63) is 28.3 Å². The molecule has 5 nitrogen and oxygen atoms in total. The molecule has 0 aromatic carbocycles. The van der Waals surface area contributed by atoms with Crippen LogP contribution in [0.15, 0.2) is 17.2 Å². The fourth-order valence-corrected chi connectivity index (χ4v) is 1.96. The Morgan fingerprint density at radius 1 is 1.59 bits per heavy atom. The first-order valence-corrected chi connectivity index (χ1v) is 5.40. The number of nitrogens with zero attached hydrogens (tertiary/aromatic N) is 1. The average molecular weight is 232 g/mol. The number of ether oxygens (including phenoxy) is 1. The van der Waals surface area contributed by atoms with E-state index in [-0.39, 0.29) is 5.56 Å². The molecule has 0 saturated carbocycles. The second kappa shape index (κ2) is 4.12. The van der Waals surface area contributed by atoms with Gasteiger partial charge in [-0.1, -0.05) is 5.46 Å². The molecule has 0 aliphatic heterocycles. The van der Waals surface area contributed by atoms with Gasteiger partial charge in [0.25, 0.3) is 5.56 Å². The number of hydrogen-bond acceptors (Lipinski definition) is 3. The molecule has 0 spiro atoms. The molecule has 0 bridgehead atoms. The van der Waals surface area contributed by atoms with Crippen LogP contribution in [-0.4, -0.2) is 30.0 Å². The van der Waals surface area contributed by atoms with Crippen LogP contribution in [0.3, 0.4) is 0 Å². The zero-order valence-electron chi connectivity index (χ0n) is 10.0. The topological polar surface area (TPSA) is 64.1 Å². The first-order chi connectivity index (χ1) is 8.06. The van der Waals surface area contributed by atoms with Gasteiger partial charge < -0.3 is 14.3 Å². The average Bonchev–Trinajstić information content (AvgIpc) is 2.71. The Morgan fingerprint density at radius 2 is 2.29 bits per heavy atom. The zero-order chi connectivity index (χ0) is 12.6. The number of H-pyrrole nitrogens is 1. The fraction of sp³-hybridized carbons (Fsp3) is 0.273. The van der Waals surface area contributed by atoms with E-state index >= 15 is 0 Å². The van der Waals surface area contributed by atoms with Crippen LogP contribution in [0.5, 0.6) is 0 Å². The molecule has 17 heavy (non-hydrogen) atoms. The molecule has 0 radical (unpaired) electrons. The Morgan fingerprint density at radius 3 is 2.94 bits per heavy atom. The third-order valence-corrected chi connectivity index (χ3v) is 2.69. The molecule has 2 heterocycles. The van der Waals surface area contributed by atoms with Gasteiger partial charge in [0.1, 0.15) is 13.4 Å². The van der Waals surface area contributed by atoms with E-state index in [9.17, 15) is 9.59 Å². The first-order valence-electron chi connectivity index (χ1n) is 5.40. The van der Waals surface area contributed by atoms with E-state index in [4.69, 9.17) is 4.74 Å². The normalized spacial score (nSPS) is 10.7. The van der Waals surface area contributed by atoms with E-state index < -0.39 is 5.97 Å². The Hall–Kier alpha value is -1.98. The third-order valence-electron chi connectivity index (χ3n) is 2.69. The summed E-state index contributed by atoms with van der Waals surface area (Å²) in [6.45, 7) is 2.06.